The fourth-order valence-electron chi connectivity index (χ4n) is 3.70. The number of ether oxygens (including phenoxy) is 1. The topological polar surface area (TPSA) is 66.5 Å². The van der Waals surface area contributed by atoms with E-state index >= 15 is 0 Å². The molecule has 1 aromatic heterocycles. The van der Waals surface area contributed by atoms with E-state index in [1.165, 1.54) is 4.70 Å². The molecule has 6 nitrogen and oxygen atoms in total. The van der Waals surface area contributed by atoms with Crippen LogP contribution in [-0.4, -0.2) is 37.3 Å². The lowest BCUT2D eigenvalue weighted by Gasteiger charge is -2.31. The molecule has 2 amide bonds. The van der Waals surface area contributed by atoms with Crippen molar-refractivity contribution in [1.82, 2.24) is 10.3 Å². The number of anilines is 2. The van der Waals surface area contributed by atoms with Gasteiger partial charge in [-0.25, -0.2) is 9.78 Å². The summed E-state index contributed by atoms with van der Waals surface area (Å²) in [6.45, 7) is 5.51. The third-order valence-corrected chi connectivity index (χ3v) is 6.69. The number of urea groups is 1. The minimum Gasteiger partial charge on any atom is -0.494 e. The van der Waals surface area contributed by atoms with Crippen LogP contribution in [0.25, 0.3) is 10.2 Å². The Labute approximate surface area is 187 Å². The number of nitrogens with one attached hydrogen (secondary N) is 2. The summed E-state index contributed by atoms with van der Waals surface area (Å²) in [7, 11) is 0. The van der Waals surface area contributed by atoms with E-state index in [9.17, 15) is 4.79 Å². The van der Waals surface area contributed by atoms with Crippen molar-refractivity contribution in [2.24, 2.45) is 5.92 Å². The molecule has 0 saturated carbocycles. The Bertz CT molecular complexity index is 948. The number of para-hydroxylation sites is 1. The average Bonchev–Trinajstić information content (AvgIpc) is 3.24. The summed E-state index contributed by atoms with van der Waals surface area (Å²) in [4.78, 5) is 19.4. The Morgan fingerprint density at radius 3 is 2.68 bits per heavy atom. The molecule has 0 unspecified atom stereocenters. The molecule has 1 aliphatic heterocycles. The van der Waals surface area contributed by atoms with E-state index in [0.29, 0.717) is 12.5 Å². The molecule has 2 N–H and O–H groups in total. The second kappa shape index (κ2) is 10.5. The number of piperidine rings is 1. The van der Waals surface area contributed by atoms with Gasteiger partial charge in [0.1, 0.15) is 5.75 Å². The van der Waals surface area contributed by atoms with Gasteiger partial charge in [0.2, 0.25) is 0 Å². The second-order valence-electron chi connectivity index (χ2n) is 7.96. The first-order valence-electron chi connectivity index (χ1n) is 11.1. The number of nitrogens with zero attached hydrogens (tertiary/aromatic N) is 2. The number of carbonyl (C=O) groups is 1. The van der Waals surface area contributed by atoms with Gasteiger partial charge in [-0.15, -0.1) is 0 Å². The van der Waals surface area contributed by atoms with Gasteiger partial charge in [-0.3, -0.25) is 0 Å². The van der Waals surface area contributed by atoms with Gasteiger partial charge < -0.3 is 20.3 Å². The van der Waals surface area contributed by atoms with Crippen LogP contribution < -0.4 is 20.3 Å². The van der Waals surface area contributed by atoms with Crippen molar-refractivity contribution < 1.29 is 9.53 Å². The van der Waals surface area contributed by atoms with Crippen molar-refractivity contribution in [3.63, 3.8) is 0 Å². The monoisotopic (exact) mass is 438 g/mol. The van der Waals surface area contributed by atoms with Crippen LogP contribution in [0.2, 0.25) is 0 Å². The van der Waals surface area contributed by atoms with Gasteiger partial charge in [-0.2, -0.15) is 0 Å². The van der Waals surface area contributed by atoms with Gasteiger partial charge in [0, 0.05) is 25.3 Å². The molecule has 7 heteroatoms. The van der Waals surface area contributed by atoms with Crippen LogP contribution in [0, 0.1) is 5.92 Å². The maximum Gasteiger partial charge on any atom is 0.319 e. The Morgan fingerprint density at radius 2 is 1.94 bits per heavy atom. The largest absolute Gasteiger partial charge is 0.494 e. The van der Waals surface area contributed by atoms with Crippen LogP contribution in [0.5, 0.6) is 5.75 Å². The zero-order valence-corrected chi connectivity index (χ0v) is 18.8. The third kappa shape index (κ3) is 5.88. The summed E-state index contributed by atoms with van der Waals surface area (Å²) in [6, 6.07) is 15.7. The predicted molar refractivity (Wildman–Crippen MR) is 128 cm³/mol. The minimum atomic E-state index is -0.159. The van der Waals surface area contributed by atoms with E-state index in [1.54, 1.807) is 11.3 Å². The molecule has 1 saturated heterocycles. The molecule has 1 fully saturated rings. The average molecular weight is 439 g/mol. The zero-order valence-electron chi connectivity index (χ0n) is 18.0. The number of fused-ring (bicyclic) bond motifs is 1. The summed E-state index contributed by atoms with van der Waals surface area (Å²) >= 11 is 1.76. The lowest BCUT2D eigenvalue weighted by Crippen LogP contribution is -2.39. The quantitative estimate of drug-likeness (QED) is 0.455. The van der Waals surface area contributed by atoms with Crippen LogP contribution >= 0.6 is 11.3 Å². The van der Waals surface area contributed by atoms with Gasteiger partial charge in [0.05, 0.1) is 16.8 Å². The number of amides is 2. The highest BCUT2D eigenvalue weighted by atomic mass is 32.1. The molecule has 4 rings (SSSR count). The van der Waals surface area contributed by atoms with Gasteiger partial charge in [-0.05, 0) is 61.6 Å². The molecule has 0 atom stereocenters. The SMILES string of the molecule is CCCCOc1ccc(NC(=O)NCC2CCN(c3nc4ccccc4s3)CC2)cc1. The molecule has 1 aliphatic rings. The molecular weight excluding hydrogens is 408 g/mol. The second-order valence-corrected chi connectivity index (χ2v) is 8.97. The molecular formula is C24H30N4O2S. The highest BCUT2D eigenvalue weighted by molar-refractivity contribution is 7.22. The Kier molecular flexibility index (Phi) is 7.25. The fraction of sp³-hybridized carbons (Fsp3) is 0.417. The smallest absolute Gasteiger partial charge is 0.319 e. The minimum absolute atomic E-state index is 0.159. The van der Waals surface area contributed by atoms with E-state index in [0.717, 1.165) is 67.5 Å². The summed E-state index contributed by atoms with van der Waals surface area (Å²) < 4.78 is 6.89. The fourth-order valence-corrected chi connectivity index (χ4v) is 4.72. The van der Waals surface area contributed by atoms with Crippen LogP contribution in [0.4, 0.5) is 15.6 Å². The maximum atomic E-state index is 12.3. The molecule has 0 aliphatic carbocycles. The van der Waals surface area contributed by atoms with Crippen molar-refractivity contribution in [2.75, 3.05) is 36.5 Å². The van der Waals surface area contributed by atoms with Crippen molar-refractivity contribution in [3.8, 4) is 5.75 Å². The molecule has 2 aromatic carbocycles. The highest BCUT2D eigenvalue weighted by Crippen LogP contribution is 2.31. The van der Waals surface area contributed by atoms with E-state index < -0.39 is 0 Å². The van der Waals surface area contributed by atoms with E-state index in [-0.39, 0.29) is 6.03 Å². The van der Waals surface area contributed by atoms with Crippen LogP contribution in [0.1, 0.15) is 32.6 Å². The summed E-state index contributed by atoms with van der Waals surface area (Å²) in [5.41, 5.74) is 1.84. The molecule has 0 spiro atoms. The standard InChI is InChI=1S/C24H30N4O2S/c1-2-3-16-30-20-10-8-19(9-11-20)26-23(29)25-17-18-12-14-28(15-13-18)24-27-21-6-4-5-7-22(21)31-24/h4-11,18H,2-3,12-17H2,1H3,(H2,25,26,29). The highest BCUT2D eigenvalue weighted by Gasteiger charge is 2.22. The van der Waals surface area contributed by atoms with E-state index in [1.807, 2.05) is 30.3 Å². The Morgan fingerprint density at radius 1 is 1.16 bits per heavy atom. The third-order valence-electron chi connectivity index (χ3n) is 5.60. The van der Waals surface area contributed by atoms with Gasteiger partial charge >= 0.3 is 6.03 Å². The molecule has 0 bridgehead atoms. The Balaban J connectivity index is 1.18. The number of thiazole rings is 1. The first-order valence-corrected chi connectivity index (χ1v) is 11.9. The molecule has 3 aromatic rings. The first kappa shape index (κ1) is 21.4. The summed E-state index contributed by atoms with van der Waals surface area (Å²) in [5, 5.41) is 7.03. The summed E-state index contributed by atoms with van der Waals surface area (Å²) in [5.74, 6) is 1.32. The number of rotatable bonds is 8. The predicted octanol–water partition coefficient (Wildman–Crippen LogP) is 5.51. The number of carbonyl (C=O) groups excluding carboxylic acids is 1. The van der Waals surface area contributed by atoms with Gasteiger partial charge in [0.25, 0.3) is 0 Å². The van der Waals surface area contributed by atoms with Crippen LogP contribution in [0.3, 0.4) is 0 Å². The number of benzene rings is 2. The van der Waals surface area contributed by atoms with E-state index in [4.69, 9.17) is 9.72 Å². The molecule has 2 heterocycles. The number of hydrogen-bond donors (Lipinski definition) is 2. The van der Waals surface area contributed by atoms with Gasteiger partial charge in [0.15, 0.2) is 5.13 Å². The number of unbranched alkanes of at least 4 members (excludes halogenated alkanes) is 1. The first-order chi connectivity index (χ1) is 15.2. The maximum absolute atomic E-state index is 12.3. The summed E-state index contributed by atoms with van der Waals surface area (Å²) in [6.07, 6.45) is 4.27. The zero-order chi connectivity index (χ0) is 21.5. The van der Waals surface area contributed by atoms with Gasteiger partial charge in [-0.1, -0.05) is 36.8 Å². The van der Waals surface area contributed by atoms with Crippen LogP contribution in [-0.2, 0) is 0 Å². The van der Waals surface area contributed by atoms with Crippen molar-refractivity contribution >= 4 is 38.4 Å². The normalized spacial score (nSPS) is 14.5. The van der Waals surface area contributed by atoms with Crippen molar-refractivity contribution in [1.29, 1.82) is 0 Å². The lowest BCUT2D eigenvalue weighted by molar-refractivity contribution is 0.248. The lowest BCUT2D eigenvalue weighted by atomic mass is 9.97. The van der Waals surface area contributed by atoms with E-state index in [2.05, 4.69) is 40.7 Å². The number of aromatic nitrogens is 1. The number of hydrogen-bond acceptors (Lipinski definition) is 5. The Hall–Kier alpha value is -2.80. The van der Waals surface area contributed by atoms with Crippen molar-refractivity contribution in [3.05, 3.63) is 48.5 Å². The molecule has 164 valence electrons. The van der Waals surface area contributed by atoms with Crippen LogP contribution in [0.15, 0.2) is 48.5 Å². The van der Waals surface area contributed by atoms with Crippen molar-refractivity contribution in [2.45, 2.75) is 32.6 Å². The molecule has 0 radical (unpaired) electrons. The molecule has 31 heavy (non-hydrogen) atoms.